The van der Waals surface area contributed by atoms with Crippen molar-refractivity contribution in [2.45, 2.75) is 38.1 Å². The second-order valence-corrected chi connectivity index (χ2v) is 3.63. The minimum atomic E-state index is -0.524. The van der Waals surface area contributed by atoms with Gasteiger partial charge in [-0.1, -0.05) is 19.3 Å². The Kier molecular flexibility index (Phi) is 4.22. The largest absolute Gasteiger partial charge is 0.368 e. The van der Waals surface area contributed by atoms with Crippen molar-refractivity contribution >= 4 is 11.9 Å². The van der Waals surface area contributed by atoms with E-state index in [1.54, 1.807) is 0 Å². The van der Waals surface area contributed by atoms with Gasteiger partial charge >= 0.3 is 6.03 Å². The third kappa shape index (κ3) is 4.11. The van der Waals surface area contributed by atoms with E-state index in [0.717, 1.165) is 12.8 Å². The van der Waals surface area contributed by atoms with Crippen LogP contribution < -0.4 is 16.4 Å². The molecular weight excluding hydrogens is 182 g/mol. The van der Waals surface area contributed by atoms with Crippen LogP contribution in [0.15, 0.2) is 0 Å². The third-order valence-corrected chi connectivity index (χ3v) is 2.36. The molecule has 0 aliphatic heterocycles. The molecule has 5 heteroatoms. The fraction of sp³-hybridized carbons (Fsp3) is 0.778. The first-order valence-corrected chi connectivity index (χ1v) is 5.01. The van der Waals surface area contributed by atoms with Gasteiger partial charge in [0.25, 0.3) is 0 Å². The molecule has 1 aliphatic carbocycles. The van der Waals surface area contributed by atoms with Crippen molar-refractivity contribution in [3.05, 3.63) is 0 Å². The lowest BCUT2D eigenvalue weighted by molar-refractivity contribution is -0.117. The standard InChI is InChI=1S/C9H17N3O2/c10-8(13)6-11-9(14)12-7-4-2-1-3-5-7/h7H,1-6H2,(H2,10,13)(H2,11,12,14). The minimum absolute atomic E-state index is 0.0987. The molecule has 14 heavy (non-hydrogen) atoms. The summed E-state index contributed by atoms with van der Waals surface area (Å²) in [5, 5.41) is 5.22. The first kappa shape index (κ1) is 10.8. The van der Waals surface area contributed by atoms with Gasteiger partial charge in [-0.3, -0.25) is 4.79 Å². The van der Waals surface area contributed by atoms with E-state index in [1.165, 1.54) is 19.3 Å². The van der Waals surface area contributed by atoms with Crippen molar-refractivity contribution in [3.8, 4) is 0 Å². The van der Waals surface area contributed by atoms with Crippen molar-refractivity contribution in [1.82, 2.24) is 10.6 Å². The second-order valence-electron chi connectivity index (χ2n) is 3.63. The molecule has 80 valence electrons. The molecule has 0 aromatic carbocycles. The monoisotopic (exact) mass is 199 g/mol. The fourth-order valence-electron chi connectivity index (χ4n) is 1.65. The Hall–Kier alpha value is -1.26. The van der Waals surface area contributed by atoms with Crippen LogP contribution in [0.2, 0.25) is 0 Å². The zero-order valence-electron chi connectivity index (χ0n) is 8.21. The summed E-state index contributed by atoms with van der Waals surface area (Å²) in [4.78, 5) is 21.6. The Morgan fingerprint density at radius 3 is 2.43 bits per heavy atom. The van der Waals surface area contributed by atoms with E-state index in [2.05, 4.69) is 10.6 Å². The minimum Gasteiger partial charge on any atom is -0.368 e. The number of hydrogen-bond donors (Lipinski definition) is 3. The Balaban J connectivity index is 2.15. The Morgan fingerprint density at radius 1 is 1.21 bits per heavy atom. The summed E-state index contributed by atoms with van der Waals surface area (Å²) in [6, 6.07) is -0.0349. The van der Waals surface area contributed by atoms with Crippen LogP contribution in [-0.4, -0.2) is 24.5 Å². The maximum absolute atomic E-state index is 11.2. The summed E-state index contributed by atoms with van der Waals surface area (Å²) < 4.78 is 0. The maximum Gasteiger partial charge on any atom is 0.315 e. The second kappa shape index (κ2) is 5.47. The van der Waals surface area contributed by atoms with Gasteiger partial charge in [0, 0.05) is 6.04 Å². The lowest BCUT2D eigenvalue weighted by Crippen LogP contribution is -2.45. The quantitative estimate of drug-likeness (QED) is 0.602. The van der Waals surface area contributed by atoms with Gasteiger partial charge in [-0.05, 0) is 12.8 Å². The molecule has 1 saturated carbocycles. The molecule has 0 saturated heterocycles. The van der Waals surface area contributed by atoms with Crippen LogP contribution in [0.3, 0.4) is 0 Å². The number of nitrogens with one attached hydrogen (secondary N) is 2. The van der Waals surface area contributed by atoms with Gasteiger partial charge < -0.3 is 16.4 Å². The van der Waals surface area contributed by atoms with Crippen molar-refractivity contribution in [1.29, 1.82) is 0 Å². The number of amides is 3. The summed E-state index contributed by atoms with van der Waals surface area (Å²) in [7, 11) is 0. The van der Waals surface area contributed by atoms with Gasteiger partial charge in [-0.25, -0.2) is 4.79 Å². The molecule has 0 unspecified atom stereocenters. The molecule has 0 radical (unpaired) electrons. The summed E-state index contributed by atoms with van der Waals surface area (Å²) in [6.07, 6.45) is 5.65. The van der Waals surface area contributed by atoms with E-state index < -0.39 is 5.91 Å². The van der Waals surface area contributed by atoms with Crippen molar-refractivity contribution in [2.75, 3.05) is 6.54 Å². The maximum atomic E-state index is 11.2. The summed E-state index contributed by atoms with van der Waals surface area (Å²) in [6.45, 7) is -0.0987. The Bertz CT molecular complexity index is 212. The van der Waals surface area contributed by atoms with Crippen molar-refractivity contribution in [3.63, 3.8) is 0 Å². The highest BCUT2D eigenvalue weighted by atomic mass is 16.2. The predicted octanol–water partition coefficient (Wildman–Crippen LogP) is 0.104. The summed E-state index contributed by atoms with van der Waals surface area (Å²) >= 11 is 0. The molecule has 1 aliphatic rings. The van der Waals surface area contributed by atoms with Crippen LogP contribution in [0.1, 0.15) is 32.1 Å². The van der Waals surface area contributed by atoms with Gasteiger partial charge in [0.2, 0.25) is 5.91 Å². The summed E-state index contributed by atoms with van der Waals surface area (Å²) in [5.74, 6) is -0.524. The molecule has 5 nitrogen and oxygen atoms in total. The molecule has 0 spiro atoms. The van der Waals surface area contributed by atoms with E-state index >= 15 is 0 Å². The average molecular weight is 199 g/mol. The summed E-state index contributed by atoms with van der Waals surface area (Å²) in [5.41, 5.74) is 4.89. The molecule has 0 aromatic heterocycles. The highest BCUT2D eigenvalue weighted by molar-refractivity contribution is 5.82. The van der Waals surface area contributed by atoms with Crippen LogP contribution in [0.4, 0.5) is 4.79 Å². The van der Waals surface area contributed by atoms with Crippen LogP contribution in [0, 0.1) is 0 Å². The number of hydrogen-bond acceptors (Lipinski definition) is 2. The van der Waals surface area contributed by atoms with E-state index in [0.29, 0.717) is 0 Å². The highest BCUT2D eigenvalue weighted by Crippen LogP contribution is 2.16. The number of carbonyl (C=O) groups excluding carboxylic acids is 2. The van der Waals surface area contributed by atoms with E-state index in [9.17, 15) is 9.59 Å². The third-order valence-electron chi connectivity index (χ3n) is 2.36. The zero-order chi connectivity index (χ0) is 10.4. The topological polar surface area (TPSA) is 84.2 Å². The first-order valence-electron chi connectivity index (χ1n) is 5.01. The Morgan fingerprint density at radius 2 is 1.86 bits per heavy atom. The van der Waals surface area contributed by atoms with Gasteiger partial charge in [0.1, 0.15) is 0 Å². The van der Waals surface area contributed by atoms with Crippen LogP contribution >= 0.6 is 0 Å². The Labute approximate surface area is 83.4 Å². The molecule has 0 aromatic rings. The average Bonchev–Trinajstić information content (AvgIpc) is 2.16. The van der Waals surface area contributed by atoms with Crippen LogP contribution in [-0.2, 0) is 4.79 Å². The smallest absolute Gasteiger partial charge is 0.315 e. The fourth-order valence-corrected chi connectivity index (χ4v) is 1.65. The number of nitrogens with two attached hydrogens (primary N) is 1. The molecular formula is C9H17N3O2. The molecule has 0 heterocycles. The van der Waals surface area contributed by atoms with Crippen LogP contribution in [0.25, 0.3) is 0 Å². The number of urea groups is 1. The van der Waals surface area contributed by atoms with Gasteiger partial charge in [-0.2, -0.15) is 0 Å². The first-order chi connectivity index (χ1) is 6.68. The van der Waals surface area contributed by atoms with Gasteiger partial charge in [0.15, 0.2) is 0 Å². The molecule has 0 atom stereocenters. The predicted molar refractivity (Wildman–Crippen MR) is 52.6 cm³/mol. The molecule has 1 fully saturated rings. The van der Waals surface area contributed by atoms with E-state index in [1.807, 2.05) is 0 Å². The van der Waals surface area contributed by atoms with Gasteiger partial charge in [-0.15, -0.1) is 0 Å². The highest BCUT2D eigenvalue weighted by Gasteiger charge is 2.15. The number of carbonyl (C=O) groups is 2. The number of primary amides is 1. The van der Waals surface area contributed by atoms with Gasteiger partial charge in [0.05, 0.1) is 6.54 Å². The SMILES string of the molecule is NC(=O)CNC(=O)NC1CCCCC1. The van der Waals surface area contributed by atoms with Crippen molar-refractivity contribution < 1.29 is 9.59 Å². The van der Waals surface area contributed by atoms with Crippen LogP contribution in [0.5, 0.6) is 0 Å². The molecule has 3 amide bonds. The lowest BCUT2D eigenvalue weighted by atomic mass is 9.96. The molecule has 1 rings (SSSR count). The number of rotatable bonds is 3. The van der Waals surface area contributed by atoms with E-state index in [4.69, 9.17) is 5.73 Å². The zero-order valence-corrected chi connectivity index (χ0v) is 8.21. The van der Waals surface area contributed by atoms with E-state index in [-0.39, 0.29) is 18.6 Å². The molecule has 0 bridgehead atoms. The lowest BCUT2D eigenvalue weighted by Gasteiger charge is -2.22. The normalized spacial score (nSPS) is 17.4. The van der Waals surface area contributed by atoms with Crippen molar-refractivity contribution in [2.24, 2.45) is 5.73 Å². The molecule has 4 N–H and O–H groups in total.